The van der Waals surface area contributed by atoms with Crippen molar-refractivity contribution in [2.45, 2.75) is 19.0 Å². The maximum absolute atomic E-state index is 12.4. The van der Waals surface area contributed by atoms with Crippen molar-refractivity contribution < 1.29 is 14.3 Å². The molecule has 1 saturated heterocycles. The fourth-order valence-electron chi connectivity index (χ4n) is 3.32. The molecule has 0 spiro atoms. The minimum Gasteiger partial charge on any atom is -0.497 e. The number of ether oxygens (including phenoxy) is 1. The lowest BCUT2D eigenvalue weighted by atomic mass is 10.0. The molecule has 28 heavy (non-hydrogen) atoms. The molecule has 1 aromatic heterocycles. The molecule has 1 atom stereocenters. The van der Waals surface area contributed by atoms with Gasteiger partial charge in [0.25, 0.3) is 0 Å². The first-order chi connectivity index (χ1) is 13.5. The zero-order valence-corrected chi connectivity index (χ0v) is 16.8. The van der Waals surface area contributed by atoms with Gasteiger partial charge in [0.1, 0.15) is 17.7 Å². The van der Waals surface area contributed by atoms with Crippen LogP contribution >= 0.6 is 15.9 Å². The average molecular weight is 440 g/mol. The van der Waals surface area contributed by atoms with Gasteiger partial charge in [0.05, 0.1) is 7.11 Å². The number of benzene rings is 2. The molecule has 1 aliphatic rings. The number of hydrogen-bond donors (Lipinski definition) is 1. The number of pyridine rings is 1. The molecule has 142 valence electrons. The molecule has 1 fully saturated rings. The van der Waals surface area contributed by atoms with Gasteiger partial charge in [-0.15, -0.1) is 0 Å². The number of nitrogens with one attached hydrogen (secondary N) is 1. The Kier molecular flexibility index (Phi) is 5.00. The van der Waals surface area contributed by atoms with E-state index in [1.807, 2.05) is 42.5 Å². The summed E-state index contributed by atoms with van der Waals surface area (Å²) in [6, 6.07) is 15.3. The first-order valence-corrected chi connectivity index (χ1v) is 9.65. The molecule has 0 aliphatic carbocycles. The van der Waals surface area contributed by atoms with Crippen LogP contribution in [-0.4, -0.2) is 28.8 Å². The van der Waals surface area contributed by atoms with Gasteiger partial charge < -0.3 is 10.1 Å². The van der Waals surface area contributed by atoms with Gasteiger partial charge in [0.2, 0.25) is 11.8 Å². The van der Waals surface area contributed by atoms with E-state index < -0.39 is 6.17 Å². The Hall–Kier alpha value is -2.93. The first-order valence-electron chi connectivity index (χ1n) is 8.86. The molecule has 0 saturated carbocycles. The number of likely N-dealkylation sites (tertiary alicyclic amines) is 1. The fraction of sp³-hybridized carbons (Fsp3) is 0.190. The van der Waals surface area contributed by atoms with E-state index in [2.05, 4.69) is 26.2 Å². The second-order valence-electron chi connectivity index (χ2n) is 6.54. The van der Waals surface area contributed by atoms with E-state index in [0.29, 0.717) is 5.82 Å². The number of imide groups is 1. The Balaban J connectivity index is 1.75. The number of nitrogens with zero attached hydrogens (tertiary/aromatic N) is 2. The van der Waals surface area contributed by atoms with Crippen molar-refractivity contribution in [3.63, 3.8) is 0 Å². The largest absolute Gasteiger partial charge is 0.497 e. The summed E-state index contributed by atoms with van der Waals surface area (Å²) >= 11 is 3.36. The molecular formula is C21H18BrN3O3. The zero-order valence-electron chi connectivity index (χ0n) is 15.2. The van der Waals surface area contributed by atoms with E-state index in [1.165, 1.54) is 4.90 Å². The molecule has 2 amide bonds. The van der Waals surface area contributed by atoms with Gasteiger partial charge in [-0.05, 0) is 62.6 Å². The van der Waals surface area contributed by atoms with E-state index in [1.54, 1.807) is 19.4 Å². The summed E-state index contributed by atoms with van der Waals surface area (Å²) in [6.07, 6.45) is 1.51. The van der Waals surface area contributed by atoms with Crippen LogP contribution < -0.4 is 10.1 Å². The van der Waals surface area contributed by atoms with Crippen LogP contribution in [0.2, 0.25) is 0 Å². The van der Waals surface area contributed by atoms with Gasteiger partial charge in [-0.3, -0.25) is 14.5 Å². The molecule has 0 bridgehead atoms. The summed E-state index contributed by atoms with van der Waals surface area (Å²) in [5, 5.41) is 5.25. The van der Waals surface area contributed by atoms with Crippen molar-refractivity contribution in [1.29, 1.82) is 0 Å². The van der Waals surface area contributed by atoms with Gasteiger partial charge in [-0.2, -0.15) is 0 Å². The number of carbonyl (C=O) groups is 2. The number of aromatic nitrogens is 1. The van der Waals surface area contributed by atoms with Gasteiger partial charge in [0.15, 0.2) is 0 Å². The third-order valence-electron chi connectivity index (χ3n) is 4.75. The second-order valence-corrected chi connectivity index (χ2v) is 7.45. The van der Waals surface area contributed by atoms with Crippen LogP contribution in [0.25, 0.3) is 10.8 Å². The molecule has 6 nitrogen and oxygen atoms in total. The summed E-state index contributed by atoms with van der Waals surface area (Å²) in [4.78, 5) is 30.4. The van der Waals surface area contributed by atoms with Crippen LogP contribution in [0.3, 0.4) is 0 Å². The van der Waals surface area contributed by atoms with Crippen LogP contribution in [0.1, 0.15) is 24.6 Å². The minimum atomic E-state index is -0.623. The van der Waals surface area contributed by atoms with Crippen molar-refractivity contribution in [1.82, 2.24) is 9.88 Å². The Morgan fingerprint density at radius 2 is 1.75 bits per heavy atom. The van der Waals surface area contributed by atoms with Crippen molar-refractivity contribution in [2.24, 2.45) is 0 Å². The first kappa shape index (κ1) is 18.4. The summed E-state index contributed by atoms with van der Waals surface area (Å²) in [5.74, 6) is 0.985. The second kappa shape index (κ2) is 7.59. The van der Waals surface area contributed by atoms with Crippen molar-refractivity contribution in [2.75, 3.05) is 12.4 Å². The molecule has 2 heterocycles. The Morgan fingerprint density at radius 3 is 2.43 bits per heavy atom. The maximum Gasteiger partial charge on any atom is 0.231 e. The zero-order chi connectivity index (χ0) is 19.7. The van der Waals surface area contributed by atoms with Crippen LogP contribution in [0.15, 0.2) is 59.2 Å². The highest BCUT2D eigenvalue weighted by Crippen LogP contribution is 2.31. The number of hydrogen-bond acceptors (Lipinski definition) is 5. The van der Waals surface area contributed by atoms with E-state index in [9.17, 15) is 9.59 Å². The molecule has 1 unspecified atom stereocenters. The topological polar surface area (TPSA) is 71.5 Å². The van der Waals surface area contributed by atoms with Crippen molar-refractivity contribution in [3.05, 3.63) is 64.8 Å². The lowest BCUT2D eigenvalue weighted by molar-refractivity contribution is -0.140. The standard InChI is InChI=1S/C21H18BrN3O3/c1-28-17-6-4-13-10-15(3-2-14(13)11-17)21(25-19(26)8-9-20(25)27)24-18-7-5-16(22)12-23-18/h2-7,10-12,21H,8-9H2,1H3,(H,23,24). The van der Waals surface area contributed by atoms with Crippen LogP contribution in [0.4, 0.5) is 5.82 Å². The molecule has 3 aromatic rings. The summed E-state index contributed by atoms with van der Waals surface area (Å²) in [5.41, 5.74) is 0.811. The summed E-state index contributed by atoms with van der Waals surface area (Å²) < 4.78 is 6.13. The van der Waals surface area contributed by atoms with Gasteiger partial charge in [-0.1, -0.05) is 18.2 Å². The minimum absolute atomic E-state index is 0.186. The number of fused-ring (bicyclic) bond motifs is 1. The lowest BCUT2D eigenvalue weighted by Crippen LogP contribution is -2.38. The van der Waals surface area contributed by atoms with Gasteiger partial charge in [-0.25, -0.2) is 4.98 Å². The van der Waals surface area contributed by atoms with Crippen LogP contribution in [-0.2, 0) is 9.59 Å². The van der Waals surface area contributed by atoms with E-state index in [0.717, 1.165) is 26.6 Å². The van der Waals surface area contributed by atoms with Crippen LogP contribution in [0, 0.1) is 0 Å². The van der Waals surface area contributed by atoms with E-state index in [4.69, 9.17) is 4.74 Å². The van der Waals surface area contributed by atoms with E-state index >= 15 is 0 Å². The lowest BCUT2D eigenvalue weighted by Gasteiger charge is -2.28. The molecule has 2 aromatic carbocycles. The molecule has 7 heteroatoms. The molecular weight excluding hydrogens is 422 g/mol. The van der Waals surface area contributed by atoms with E-state index in [-0.39, 0.29) is 24.7 Å². The fourth-order valence-corrected chi connectivity index (χ4v) is 3.55. The number of methoxy groups -OCH3 is 1. The van der Waals surface area contributed by atoms with Crippen molar-refractivity contribution in [3.8, 4) is 5.75 Å². The Morgan fingerprint density at radius 1 is 1.04 bits per heavy atom. The highest BCUT2D eigenvalue weighted by molar-refractivity contribution is 9.10. The maximum atomic E-state index is 12.4. The quantitative estimate of drug-likeness (QED) is 0.601. The number of amides is 2. The highest BCUT2D eigenvalue weighted by Gasteiger charge is 2.36. The number of carbonyl (C=O) groups excluding carboxylic acids is 2. The molecule has 0 radical (unpaired) electrons. The third kappa shape index (κ3) is 3.57. The predicted molar refractivity (Wildman–Crippen MR) is 110 cm³/mol. The van der Waals surface area contributed by atoms with Crippen LogP contribution in [0.5, 0.6) is 5.75 Å². The SMILES string of the molecule is COc1ccc2cc(C(Nc3ccc(Br)cn3)N3C(=O)CCC3=O)ccc2c1. The Bertz CT molecular complexity index is 1040. The van der Waals surface area contributed by atoms with Gasteiger partial charge >= 0.3 is 0 Å². The van der Waals surface area contributed by atoms with Gasteiger partial charge in [0, 0.05) is 23.5 Å². The molecule has 1 aliphatic heterocycles. The smallest absolute Gasteiger partial charge is 0.231 e. The predicted octanol–water partition coefficient (Wildman–Crippen LogP) is 4.27. The summed E-state index contributed by atoms with van der Waals surface area (Å²) in [7, 11) is 1.63. The molecule has 1 N–H and O–H groups in total. The number of anilines is 1. The number of halogens is 1. The Labute approximate surface area is 170 Å². The normalized spacial score (nSPS) is 15.1. The highest BCUT2D eigenvalue weighted by atomic mass is 79.9. The average Bonchev–Trinajstić information content (AvgIpc) is 3.05. The third-order valence-corrected chi connectivity index (χ3v) is 5.22. The molecule has 4 rings (SSSR count). The van der Waals surface area contributed by atoms with Crippen molar-refractivity contribution >= 4 is 44.3 Å². The number of rotatable bonds is 5. The summed E-state index contributed by atoms with van der Waals surface area (Å²) in [6.45, 7) is 0. The monoisotopic (exact) mass is 439 g/mol.